The van der Waals surface area contributed by atoms with Gasteiger partial charge in [0, 0.05) is 24.7 Å². The largest absolute Gasteiger partial charge is 0.468 e. The fourth-order valence-corrected chi connectivity index (χ4v) is 3.93. The maximum absolute atomic E-state index is 12.6. The van der Waals surface area contributed by atoms with Crippen LogP contribution >= 0.6 is 0 Å². The summed E-state index contributed by atoms with van der Waals surface area (Å²) >= 11 is 0. The molecule has 0 spiro atoms. The van der Waals surface area contributed by atoms with Crippen molar-refractivity contribution in [2.75, 3.05) is 13.7 Å². The minimum atomic E-state index is -0.525. The van der Waals surface area contributed by atoms with E-state index in [4.69, 9.17) is 4.74 Å². The molecule has 0 bridgehead atoms. The minimum absolute atomic E-state index is 0.0799. The number of hydrogen-bond donors (Lipinski definition) is 1. The average molecular weight is 296 g/mol. The van der Waals surface area contributed by atoms with Crippen LogP contribution in [0.3, 0.4) is 0 Å². The number of likely N-dealkylation sites (tertiary alicyclic amines) is 1. The van der Waals surface area contributed by atoms with E-state index in [1.54, 1.807) is 0 Å². The first-order chi connectivity index (χ1) is 9.90. The lowest BCUT2D eigenvalue weighted by Gasteiger charge is -2.45. The van der Waals surface area contributed by atoms with Gasteiger partial charge in [0.05, 0.1) is 7.11 Å². The smallest absolute Gasteiger partial charge is 0.327 e. The molecule has 21 heavy (non-hydrogen) atoms. The number of esters is 1. The summed E-state index contributed by atoms with van der Waals surface area (Å²) in [5, 5.41) is 3.58. The Balaban J connectivity index is 2.23. The molecule has 0 amide bonds. The second-order valence-electron chi connectivity index (χ2n) is 7.34. The molecule has 2 fully saturated rings. The van der Waals surface area contributed by atoms with Crippen molar-refractivity contribution in [3.05, 3.63) is 0 Å². The Kier molecular flexibility index (Phi) is 5.31. The van der Waals surface area contributed by atoms with Gasteiger partial charge >= 0.3 is 5.97 Å². The lowest BCUT2D eigenvalue weighted by atomic mass is 9.87. The molecule has 3 atom stereocenters. The van der Waals surface area contributed by atoms with Crippen LogP contribution in [0, 0.1) is 5.92 Å². The highest BCUT2D eigenvalue weighted by Gasteiger charge is 2.53. The molecule has 0 aromatic rings. The normalized spacial score (nSPS) is 30.2. The van der Waals surface area contributed by atoms with E-state index in [2.05, 4.69) is 37.9 Å². The van der Waals surface area contributed by atoms with Gasteiger partial charge in [-0.3, -0.25) is 10.2 Å². The Morgan fingerprint density at radius 1 is 1.24 bits per heavy atom. The molecule has 0 aromatic carbocycles. The van der Waals surface area contributed by atoms with Crippen molar-refractivity contribution in [3.8, 4) is 0 Å². The highest BCUT2D eigenvalue weighted by molar-refractivity contribution is 5.82. The topological polar surface area (TPSA) is 41.6 Å². The molecular weight excluding hydrogens is 264 g/mol. The minimum Gasteiger partial charge on any atom is -0.468 e. The van der Waals surface area contributed by atoms with Crippen molar-refractivity contribution in [1.29, 1.82) is 0 Å². The summed E-state index contributed by atoms with van der Waals surface area (Å²) in [5.41, 5.74) is -0.525. The van der Waals surface area contributed by atoms with Crippen molar-refractivity contribution in [2.24, 2.45) is 5.92 Å². The van der Waals surface area contributed by atoms with Gasteiger partial charge in [0.25, 0.3) is 0 Å². The lowest BCUT2D eigenvalue weighted by Crippen LogP contribution is -2.65. The number of nitrogens with zero attached hydrogens (tertiary/aromatic N) is 1. The van der Waals surface area contributed by atoms with Gasteiger partial charge in [-0.25, -0.2) is 4.79 Å². The number of rotatable bonds is 6. The molecule has 0 aromatic heterocycles. The summed E-state index contributed by atoms with van der Waals surface area (Å²) in [7, 11) is 1.52. The third kappa shape index (κ3) is 3.59. The van der Waals surface area contributed by atoms with Crippen molar-refractivity contribution >= 4 is 5.97 Å². The van der Waals surface area contributed by atoms with E-state index < -0.39 is 5.54 Å². The van der Waals surface area contributed by atoms with Crippen LogP contribution in [0.5, 0.6) is 0 Å². The molecule has 1 heterocycles. The van der Waals surface area contributed by atoms with Crippen LogP contribution in [0.1, 0.15) is 59.8 Å². The van der Waals surface area contributed by atoms with E-state index in [1.807, 2.05) is 0 Å². The number of methoxy groups -OCH3 is 1. The highest BCUT2D eigenvalue weighted by Crippen LogP contribution is 2.42. The van der Waals surface area contributed by atoms with E-state index in [0.717, 1.165) is 19.4 Å². The second-order valence-corrected chi connectivity index (χ2v) is 7.34. The highest BCUT2D eigenvalue weighted by atomic mass is 16.5. The van der Waals surface area contributed by atoms with Gasteiger partial charge in [0.15, 0.2) is 0 Å². The number of ether oxygens (including phenoxy) is 1. The maximum atomic E-state index is 12.6. The zero-order chi connectivity index (χ0) is 15.6. The summed E-state index contributed by atoms with van der Waals surface area (Å²) in [6, 6.07) is 1.37. The summed E-state index contributed by atoms with van der Waals surface area (Å²) in [5.74, 6) is 0.345. The number of carbonyl (C=O) groups is 1. The Bertz CT molecular complexity index is 358. The van der Waals surface area contributed by atoms with Crippen LogP contribution in [0.4, 0.5) is 0 Å². The fourth-order valence-electron chi connectivity index (χ4n) is 3.93. The van der Waals surface area contributed by atoms with E-state index in [-0.39, 0.29) is 12.0 Å². The predicted molar refractivity (Wildman–Crippen MR) is 85.2 cm³/mol. The van der Waals surface area contributed by atoms with Crippen LogP contribution in [0.25, 0.3) is 0 Å². The number of carbonyl (C=O) groups excluding carboxylic acids is 1. The van der Waals surface area contributed by atoms with Crippen LogP contribution in [0.15, 0.2) is 0 Å². The molecule has 1 saturated carbocycles. The van der Waals surface area contributed by atoms with Gasteiger partial charge in [0.2, 0.25) is 0 Å². The van der Waals surface area contributed by atoms with Gasteiger partial charge in [-0.1, -0.05) is 6.42 Å². The first-order valence-electron chi connectivity index (χ1n) is 8.52. The van der Waals surface area contributed by atoms with Gasteiger partial charge in [-0.15, -0.1) is 0 Å². The summed E-state index contributed by atoms with van der Waals surface area (Å²) in [6.45, 7) is 9.59. The van der Waals surface area contributed by atoms with Crippen molar-refractivity contribution in [1.82, 2.24) is 10.2 Å². The molecule has 1 saturated heterocycles. The SMILES string of the molecule is COC(=O)C(CN1[C@H](C)CCC[C@@H]1C)(NC(C)C)C1CC1. The Labute approximate surface area is 129 Å². The summed E-state index contributed by atoms with van der Waals surface area (Å²) in [4.78, 5) is 15.1. The standard InChI is InChI=1S/C17H32N2O2/c1-12(2)18-17(15-9-10-15,16(20)21-5)11-19-13(3)7-6-8-14(19)4/h12-15,18H,6-11H2,1-5H3/t13-,14+,17?. The van der Waals surface area contributed by atoms with Crippen molar-refractivity contribution < 1.29 is 9.53 Å². The van der Waals surface area contributed by atoms with Crippen LogP contribution in [0.2, 0.25) is 0 Å². The summed E-state index contributed by atoms with van der Waals surface area (Å²) < 4.78 is 5.20. The molecule has 4 nitrogen and oxygen atoms in total. The zero-order valence-electron chi connectivity index (χ0n) is 14.3. The quantitative estimate of drug-likeness (QED) is 0.765. The molecule has 0 radical (unpaired) electrons. The summed E-state index contributed by atoms with van der Waals surface area (Å²) in [6.07, 6.45) is 6.02. The van der Waals surface area contributed by atoms with E-state index >= 15 is 0 Å². The van der Waals surface area contributed by atoms with Crippen molar-refractivity contribution in [3.63, 3.8) is 0 Å². The molecule has 1 aliphatic heterocycles. The van der Waals surface area contributed by atoms with E-state index in [1.165, 1.54) is 26.4 Å². The van der Waals surface area contributed by atoms with E-state index in [0.29, 0.717) is 18.0 Å². The van der Waals surface area contributed by atoms with Crippen molar-refractivity contribution in [2.45, 2.75) is 83.5 Å². The Hall–Kier alpha value is -0.610. The fraction of sp³-hybridized carbons (Fsp3) is 0.941. The van der Waals surface area contributed by atoms with Crippen LogP contribution in [-0.4, -0.2) is 48.2 Å². The second kappa shape index (κ2) is 6.66. The molecule has 1 N–H and O–H groups in total. The van der Waals surface area contributed by atoms with E-state index in [9.17, 15) is 4.79 Å². The zero-order valence-corrected chi connectivity index (χ0v) is 14.3. The monoisotopic (exact) mass is 296 g/mol. The molecular formula is C17H32N2O2. The van der Waals surface area contributed by atoms with Crippen LogP contribution in [-0.2, 0) is 9.53 Å². The van der Waals surface area contributed by atoms with Gasteiger partial charge < -0.3 is 4.74 Å². The number of piperidine rings is 1. The molecule has 1 unspecified atom stereocenters. The van der Waals surface area contributed by atoms with Crippen LogP contribution < -0.4 is 5.32 Å². The van der Waals surface area contributed by atoms with Gasteiger partial charge in [-0.2, -0.15) is 0 Å². The Morgan fingerprint density at radius 2 is 1.81 bits per heavy atom. The lowest BCUT2D eigenvalue weighted by molar-refractivity contribution is -0.152. The number of nitrogens with one attached hydrogen (secondary N) is 1. The Morgan fingerprint density at radius 3 is 2.24 bits per heavy atom. The number of hydrogen-bond acceptors (Lipinski definition) is 4. The molecule has 4 heteroatoms. The molecule has 122 valence electrons. The maximum Gasteiger partial charge on any atom is 0.327 e. The molecule has 2 rings (SSSR count). The average Bonchev–Trinajstić information content (AvgIpc) is 3.25. The third-order valence-corrected chi connectivity index (χ3v) is 5.18. The van der Waals surface area contributed by atoms with Gasteiger partial charge in [-0.05, 0) is 59.3 Å². The third-order valence-electron chi connectivity index (χ3n) is 5.18. The predicted octanol–water partition coefficient (Wildman–Crippen LogP) is 2.57. The first kappa shape index (κ1) is 16.8. The first-order valence-corrected chi connectivity index (χ1v) is 8.52. The van der Waals surface area contributed by atoms with Gasteiger partial charge in [0.1, 0.15) is 5.54 Å². The molecule has 1 aliphatic carbocycles. The molecule has 2 aliphatic rings.